The first-order chi connectivity index (χ1) is 7.42. The molecule has 2 N–H and O–H groups in total. The van der Waals surface area contributed by atoms with Crippen LogP contribution in [0, 0.1) is 0 Å². The van der Waals surface area contributed by atoms with E-state index in [-0.39, 0.29) is 0 Å². The van der Waals surface area contributed by atoms with Gasteiger partial charge in [0.15, 0.2) is 0 Å². The second-order valence-corrected chi connectivity index (χ2v) is 4.03. The number of aryl methyl sites for hydroxylation is 1. The van der Waals surface area contributed by atoms with Crippen molar-refractivity contribution in [1.82, 2.24) is 9.78 Å². The van der Waals surface area contributed by atoms with Crippen LogP contribution < -0.4 is 5.73 Å². The first-order valence-electron chi connectivity index (χ1n) is 5.72. The van der Waals surface area contributed by atoms with E-state index in [1.807, 2.05) is 6.20 Å². The average molecular weight is 209 g/mol. The molecule has 1 saturated heterocycles. The predicted octanol–water partition coefficient (Wildman–Crippen LogP) is 1.13. The van der Waals surface area contributed by atoms with Gasteiger partial charge in [0.2, 0.25) is 0 Å². The van der Waals surface area contributed by atoms with E-state index >= 15 is 0 Å². The van der Waals surface area contributed by atoms with Crippen LogP contribution in [0.3, 0.4) is 0 Å². The van der Waals surface area contributed by atoms with Crippen LogP contribution in [-0.4, -0.2) is 29.5 Å². The molecule has 2 heterocycles. The molecular formula is C11H19N3O. The van der Waals surface area contributed by atoms with Crippen LogP contribution in [-0.2, 0) is 11.2 Å². The standard InChI is InChI=1S/C11H19N3O/c12-6-1-3-10-5-7-13-14(10)11-4-2-8-15-9-11/h5,7,11H,1-4,6,8-9,12H2. The molecule has 2 rings (SSSR count). The zero-order valence-electron chi connectivity index (χ0n) is 9.06. The molecular weight excluding hydrogens is 190 g/mol. The van der Waals surface area contributed by atoms with E-state index in [4.69, 9.17) is 10.5 Å². The molecule has 15 heavy (non-hydrogen) atoms. The van der Waals surface area contributed by atoms with Crippen molar-refractivity contribution < 1.29 is 4.74 Å². The molecule has 4 heteroatoms. The SMILES string of the molecule is NCCCc1ccnn1C1CCCOC1. The van der Waals surface area contributed by atoms with Crippen molar-refractivity contribution in [3.05, 3.63) is 18.0 Å². The van der Waals surface area contributed by atoms with Gasteiger partial charge in [0.1, 0.15) is 0 Å². The number of nitrogens with two attached hydrogens (primary N) is 1. The van der Waals surface area contributed by atoms with E-state index in [2.05, 4.69) is 15.8 Å². The van der Waals surface area contributed by atoms with Crippen molar-refractivity contribution in [2.24, 2.45) is 5.73 Å². The molecule has 0 bridgehead atoms. The third-order valence-electron chi connectivity index (χ3n) is 2.87. The van der Waals surface area contributed by atoms with Gasteiger partial charge in [-0.25, -0.2) is 0 Å². The Kier molecular flexibility index (Phi) is 3.75. The maximum Gasteiger partial charge on any atom is 0.0756 e. The monoisotopic (exact) mass is 209 g/mol. The molecule has 0 amide bonds. The minimum absolute atomic E-state index is 0.432. The van der Waals surface area contributed by atoms with Crippen molar-refractivity contribution in [3.8, 4) is 0 Å². The van der Waals surface area contributed by atoms with Gasteiger partial charge in [0.25, 0.3) is 0 Å². The summed E-state index contributed by atoms with van der Waals surface area (Å²) in [7, 11) is 0. The van der Waals surface area contributed by atoms with Gasteiger partial charge in [-0.05, 0) is 38.3 Å². The zero-order chi connectivity index (χ0) is 10.5. The fourth-order valence-electron chi connectivity index (χ4n) is 2.07. The third kappa shape index (κ3) is 2.58. The number of aromatic nitrogens is 2. The largest absolute Gasteiger partial charge is 0.379 e. The summed E-state index contributed by atoms with van der Waals surface area (Å²) in [4.78, 5) is 0. The Morgan fingerprint density at radius 1 is 1.60 bits per heavy atom. The van der Waals surface area contributed by atoms with E-state index in [0.29, 0.717) is 6.04 Å². The van der Waals surface area contributed by atoms with Crippen LogP contribution in [0.5, 0.6) is 0 Å². The lowest BCUT2D eigenvalue weighted by molar-refractivity contribution is 0.0539. The molecule has 0 radical (unpaired) electrons. The quantitative estimate of drug-likeness (QED) is 0.808. The fraction of sp³-hybridized carbons (Fsp3) is 0.727. The lowest BCUT2D eigenvalue weighted by atomic mass is 10.1. The van der Waals surface area contributed by atoms with Crippen LogP contribution in [0.1, 0.15) is 31.0 Å². The Balaban J connectivity index is 2.02. The Morgan fingerprint density at radius 2 is 2.53 bits per heavy atom. The Bertz CT molecular complexity index is 292. The Hall–Kier alpha value is -0.870. The fourth-order valence-corrected chi connectivity index (χ4v) is 2.07. The number of hydrogen-bond acceptors (Lipinski definition) is 3. The van der Waals surface area contributed by atoms with E-state index in [0.717, 1.165) is 39.0 Å². The van der Waals surface area contributed by atoms with Gasteiger partial charge in [-0.15, -0.1) is 0 Å². The van der Waals surface area contributed by atoms with Crippen LogP contribution >= 0.6 is 0 Å². The van der Waals surface area contributed by atoms with E-state index < -0.39 is 0 Å². The van der Waals surface area contributed by atoms with Crippen LogP contribution in [0.15, 0.2) is 12.3 Å². The zero-order valence-corrected chi connectivity index (χ0v) is 9.06. The van der Waals surface area contributed by atoms with Crippen LogP contribution in [0.25, 0.3) is 0 Å². The summed E-state index contributed by atoms with van der Waals surface area (Å²) >= 11 is 0. The number of hydrogen-bond donors (Lipinski definition) is 1. The normalized spacial score (nSPS) is 21.8. The van der Waals surface area contributed by atoms with Crippen molar-refractivity contribution in [3.63, 3.8) is 0 Å². The maximum absolute atomic E-state index is 5.52. The molecule has 1 atom stereocenters. The minimum Gasteiger partial charge on any atom is -0.379 e. The summed E-state index contributed by atoms with van der Waals surface area (Å²) in [6.07, 6.45) is 6.24. The number of rotatable bonds is 4. The number of nitrogens with zero attached hydrogens (tertiary/aromatic N) is 2. The van der Waals surface area contributed by atoms with Gasteiger partial charge in [0, 0.05) is 18.5 Å². The molecule has 0 spiro atoms. The van der Waals surface area contributed by atoms with Gasteiger partial charge in [-0.2, -0.15) is 5.10 Å². The summed E-state index contributed by atoms with van der Waals surface area (Å²) in [5.74, 6) is 0. The van der Waals surface area contributed by atoms with E-state index in [9.17, 15) is 0 Å². The van der Waals surface area contributed by atoms with Crippen molar-refractivity contribution in [1.29, 1.82) is 0 Å². The highest BCUT2D eigenvalue weighted by atomic mass is 16.5. The van der Waals surface area contributed by atoms with Crippen molar-refractivity contribution in [2.75, 3.05) is 19.8 Å². The van der Waals surface area contributed by atoms with E-state index in [1.165, 1.54) is 12.1 Å². The molecule has 0 aromatic carbocycles. The highest BCUT2D eigenvalue weighted by molar-refractivity contribution is 5.02. The van der Waals surface area contributed by atoms with Gasteiger partial charge in [-0.1, -0.05) is 0 Å². The minimum atomic E-state index is 0.432. The van der Waals surface area contributed by atoms with Crippen LogP contribution in [0.2, 0.25) is 0 Å². The molecule has 1 fully saturated rings. The summed E-state index contributed by atoms with van der Waals surface area (Å²) < 4.78 is 7.60. The van der Waals surface area contributed by atoms with Crippen molar-refractivity contribution in [2.45, 2.75) is 31.7 Å². The Morgan fingerprint density at radius 3 is 3.27 bits per heavy atom. The molecule has 1 aliphatic heterocycles. The van der Waals surface area contributed by atoms with Gasteiger partial charge < -0.3 is 10.5 Å². The second-order valence-electron chi connectivity index (χ2n) is 4.03. The molecule has 1 unspecified atom stereocenters. The highest BCUT2D eigenvalue weighted by Gasteiger charge is 2.18. The second kappa shape index (κ2) is 5.28. The summed E-state index contributed by atoms with van der Waals surface area (Å²) in [6.45, 7) is 2.44. The molecule has 0 aliphatic carbocycles. The topological polar surface area (TPSA) is 53.1 Å². The molecule has 1 aliphatic rings. The smallest absolute Gasteiger partial charge is 0.0756 e. The first kappa shape index (κ1) is 10.6. The van der Waals surface area contributed by atoms with Gasteiger partial charge in [0.05, 0.1) is 12.6 Å². The van der Waals surface area contributed by atoms with E-state index in [1.54, 1.807) is 0 Å². The lowest BCUT2D eigenvalue weighted by Gasteiger charge is -2.24. The molecule has 1 aromatic heterocycles. The summed E-state index contributed by atoms with van der Waals surface area (Å²) in [6, 6.07) is 2.52. The van der Waals surface area contributed by atoms with Gasteiger partial charge >= 0.3 is 0 Å². The molecule has 84 valence electrons. The summed E-state index contributed by atoms with van der Waals surface area (Å²) in [5, 5.41) is 4.39. The molecule has 0 saturated carbocycles. The average Bonchev–Trinajstić information content (AvgIpc) is 2.75. The van der Waals surface area contributed by atoms with Crippen molar-refractivity contribution >= 4 is 0 Å². The number of ether oxygens (including phenoxy) is 1. The lowest BCUT2D eigenvalue weighted by Crippen LogP contribution is -2.23. The van der Waals surface area contributed by atoms with Crippen LogP contribution in [0.4, 0.5) is 0 Å². The first-order valence-corrected chi connectivity index (χ1v) is 5.72. The molecule has 1 aromatic rings. The summed E-state index contributed by atoms with van der Waals surface area (Å²) in [5.41, 5.74) is 6.81. The highest BCUT2D eigenvalue weighted by Crippen LogP contribution is 2.20. The third-order valence-corrected chi connectivity index (χ3v) is 2.87. The predicted molar refractivity (Wildman–Crippen MR) is 58.7 cm³/mol. The van der Waals surface area contributed by atoms with Gasteiger partial charge in [-0.3, -0.25) is 4.68 Å². The molecule has 4 nitrogen and oxygen atoms in total. The Labute approximate surface area is 90.4 Å². The maximum atomic E-state index is 5.52.